The van der Waals surface area contributed by atoms with E-state index in [1.54, 1.807) is 12.1 Å². The Morgan fingerprint density at radius 1 is 1.17 bits per heavy atom. The van der Waals surface area contributed by atoms with Crippen LogP contribution in [0.3, 0.4) is 0 Å². The van der Waals surface area contributed by atoms with E-state index < -0.39 is 10.0 Å². The van der Waals surface area contributed by atoms with Crippen LogP contribution in [0.2, 0.25) is 0 Å². The Morgan fingerprint density at radius 2 is 1.92 bits per heavy atom. The quantitative estimate of drug-likeness (QED) is 0.771. The summed E-state index contributed by atoms with van der Waals surface area (Å²) in [6.45, 7) is 3.93. The first-order chi connectivity index (χ1) is 11.4. The van der Waals surface area contributed by atoms with E-state index in [-0.39, 0.29) is 11.4 Å². The van der Waals surface area contributed by atoms with Crippen LogP contribution in [0, 0.1) is 13.8 Å². The highest BCUT2D eigenvalue weighted by Gasteiger charge is 2.20. The number of ether oxygens (including phenoxy) is 1. The number of rotatable bonds is 5. The monoisotopic (exact) mass is 345 g/mol. The number of pyridine rings is 1. The number of methoxy groups -OCH3 is 1. The number of aromatic nitrogens is 2. The van der Waals surface area contributed by atoms with E-state index >= 15 is 0 Å². The molecular weight excluding hydrogens is 326 g/mol. The maximum absolute atomic E-state index is 12.6. The summed E-state index contributed by atoms with van der Waals surface area (Å²) in [6.07, 6.45) is 3.71. The third-order valence-electron chi connectivity index (χ3n) is 3.72. The molecule has 0 aliphatic rings. The number of fused-ring (bicyclic) bond motifs is 1. The molecule has 0 aliphatic heterocycles. The lowest BCUT2D eigenvalue weighted by molar-refractivity contribution is 0.402. The Hall–Kier alpha value is -2.38. The molecule has 6 nitrogen and oxygen atoms in total. The Bertz CT molecular complexity index is 993. The van der Waals surface area contributed by atoms with Crippen LogP contribution in [0.5, 0.6) is 5.75 Å². The average Bonchev–Trinajstić information content (AvgIpc) is 2.95. The molecule has 3 aromatic rings. The van der Waals surface area contributed by atoms with Crippen LogP contribution in [-0.2, 0) is 16.6 Å². The highest BCUT2D eigenvalue weighted by molar-refractivity contribution is 7.89. The summed E-state index contributed by atoms with van der Waals surface area (Å²) in [5.74, 6) is 0.318. The maximum atomic E-state index is 12.6. The summed E-state index contributed by atoms with van der Waals surface area (Å²) in [5, 5.41) is 0. The van der Waals surface area contributed by atoms with Crippen molar-refractivity contribution in [3.63, 3.8) is 0 Å². The van der Waals surface area contributed by atoms with Gasteiger partial charge in [-0.15, -0.1) is 0 Å². The van der Waals surface area contributed by atoms with E-state index in [0.29, 0.717) is 11.4 Å². The third-order valence-corrected chi connectivity index (χ3v) is 5.14. The number of aryl methyl sites for hydroxylation is 2. The van der Waals surface area contributed by atoms with Gasteiger partial charge in [0.05, 0.1) is 19.3 Å². The summed E-state index contributed by atoms with van der Waals surface area (Å²) >= 11 is 0. The van der Waals surface area contributed by atoms with Gasteiger partial charge in [0.1, 0.15) is 16.3 Å². The smallest absolute Gasteiger partial charge is 0.244 e. The predicted octanol–water partition coefficient (Wildman–Crippen LogP) is 2.44. The number of hydrogen-bond acceptors (Lipinski definition) is 4. The Kier molecular flexibility index (Phi) is 4.29. The van der Waals surface area contributed by atoms with Crippen molar-refractivity contribution in [3.05, 3.63) is 59.5 Å². The zero-order chi connectivity index (χ0) is 17.3. The Labute approximate surface area is 141 Å². The van der Waals surface area contributed by atoms with Crippen molar-refractivity contribution in [1.82, 2.24) is 14.1 Å². The molecule has 0 unspecified atom stereocenters. The number of benzene rings is 1. The summed E-state index contributed by atoms with van der Waals surface area (Å²) in [7, 11) is -2.24. The van der Waals surface area contributed by atoms with Gasteiger partial charge in [0.25, 0.3) is 0 Å². The maximum Gasteiger partial charge on any atom is 0.244 e. The molecule has 24 heavy (non-hydrogen) atoms. The fraction of sp³-hybridized carbons (Fsp3) is 0.235. The van der Waals surface area contributed by atoms with Crippen LogP contribution in [0.4, 0.5) is 0 Å². The van der Waals surface area contributed by atoms with Gasteiger partial charge in [-0.2, -0.15) is 0 Å². The van der Waals surface area contributed by atoms with E-state index in [1.807, 2.05) is 48.8 Å². The van der Waals surface area contributed by atoms with Crippen LogP contribution < -0.4 is 9.46 Å². The number of hydrogen-bond donors (Lipinski definition) is 1. The molecule has 3 rings (SSSR count). The van der Waals surface area contributed by atoms with Gasteiger partial charge < -0.3 is 9.14 Å². The van der Waals surface area contributed by atoms with Crippen LogP contribution in [0.25, 0.3) is 5.65 Å². The van der Waals surface area contributed by atoms with E-state index in [4.69, 9.17) is 4.74 Å². The SMILES string of the molecule is COc1ccc(C)cc1S(=O)(=O)NCc1cn2ccc(C)cc2n1. The van der Waals surface area contributed by atoms with Gasteiger partial charge in [-0.05, 0) is 49.2 Å². The van der Waals surface area contributed by atoms with Crippen molar-refractivity contribution in [1.29, 1.82) is 0 Å². The highest BCUT2D eigenvalue weighted by Crippen LogP contribution is 2.24. The van der Waals surface area contributed by atoms with Gasteiger partial charge in [-0.1, -0.05) is 6.07 Å². The molecule has 0 saturated carbocycles. The molecule has 0 saturated heterocycles. The van der Waals surface area contributed by atoms with Gasteiger partial charge in [-0.3, -0.25) is 0 Å². The lowest BCUT2D eigenvalue weighted by atomic mass is 10.2. The van der Waals surface area contributed by atoms with Crippen LogP contribution in [0.1, 0.15) is 16.8 Å². The van der Waals surface area contributed by atoms with Crippen molar-refractivity contribution in [3.8, 4) is 5.75 Å². The standard InChI is InChI=1S/C17H19N3O3S/c1-12-4-5-15(23-3)16(8-12)24(21,22)18-10-14-11-20-7-6-13(2)9-17(20)19-14/h4-9,11,18H,10H2,1-3H3. The zero-order valence-corrected chi connectivity index (χ0v) is 14.6. The molecule has 0 atom stereocenters. The van der Waals surface area contributed by atoms with E-state index in [2.05, 4.69) is 9.71 Å². The van der Waals surface area contributed by atoms with Gasteiger partial charge in [0.2, 0.25) is 10.0 Å². The molecular formula is C17H19N3O3S. The minimum atomic E-state index is -3.69. The second-order valence-electron chi connectivity index (χ2n) is 5.68. The van der Waals surface area contributed by atoms with Crippen LogP contribution in [-0.4, -0.2) is 24.9 Å². The summed E-state index contributed by atoms with van der Waals surface area (Å²) < 4.78 is 34.8. The van der Waals surface area contributed by atoms with Gasteiger partial charge >= 0.3 is 0 Å². The largest absolute Gasteiger partial charge is 0.495 e. The lowest BCUT2D eigenvalue weighted by Crippen LogP contribution is -2.24. The number of nitrogens with zero attached hydrogens (tertiary/aromatic N) is 2. The van der Waals surface area contributed by atoms with Gasteiger partial charge in [-0.25, -0.2) is 18.1 Å². The first-order valence-corrected chi connectivity index (χ1v) is 8.96. The molecule has 0 bridgehead atoms. The van der Waals surface area contributed by atoms with Gasteiger partial charge in [0, 0.05) is 12.4 Å². The molecule has 2 aromatic heterocycles. The molecule has 0 aliphatic carbocycles. The molecule has 126 valence electrons. The zero-order valence-electron chi connectivity index (χ0n) is 13.8. The first-order valence-electron chi connectivity index (χ1n) is 7.47. The number of sulfonamides is 1. The van der Waals surface area contributed by atoms with Crippen molar-refractivity contribution in [2.45, 2.75) is 25.3 Å². The van der Waals surface area contributed by atoms with Crippen molar-refractivity contribution in [2.24, 2.45) is 0 Å². The van der Waals surface area contributed by atoms with E-state index in [9.17, 15) is 8.42 Å². The van der Waals surface area contributed by atoms with Crippen molar-refractivity contribution >= 4 is 15.7 Å². The molecule has 7 heteroatoms. The molecule has 0 fully saturated rings. The Morgan fingerprint density at radius 3 is 2.67 bits per heavy atom. The number of imidazole rings is 1. The second kappa shape index (κ2) is 6.26. The first kappa shape index (κ1) is 16.5. The lowest BCUT2D eigenvalue weighted by Gasteiger charge is -2.10. The van der Waals surface area contributed by atoms with Gasteiger partial charge in [0.15, 0.2) is 0 Å². The minimum Gasteiger partial charge on any atom is -0.495 e. The molecule has 1 aromatic carbocycles. The topological polar surface area (TPSA) is 72.7 Å². The summed E-state index contributed by atoms with van der Waals surface area (Å²) in [6, 6.07) is 8.97. The fourth-order valence-electron chi connectivity index (χ4n) is 2.46. The van der Waals surface area contributed by atoms with Crippen molar-refractivity contribution < 1.29 is 13.2 Å². The Balaban J connectivity index is 1.85. The van der Waals surface area contributed by atoms with E-state index in [0.717, 1.165) is 16.8 Å². The minimum absolute atomic E-state index is 0.111. The average molecular weight is 345 g/mol. The van der Waals surface area contributed by atoms with E-state index in [1.165, 1.54) is 7.11 Å². The number of nitrogens with one attached hydrogen (secondary N) is 1. The fourth-order valence-corrected chi connectivity index (χ4v) is 3.71. The molecule has 0 radical (unpaired) electrons. The summed E-state index contributed by atoms with van der Waals surface area (Å²) in [5.41, 5.74) is 3.39. The van der Waals surface area contributed by atoms with Crippen molar-refractivity contribution in [2.75, 3.05) is 7.11 Å². The highest BCUT2D eigenvalue weighted by atomic mass is 32.2. The molecule has 0 amide bonds. The molecule has 2 heterocycles. The predicted molar refractivity (Wildman–Crippen MR) is 91.7 cm³/mol. The second-order valence-corrected chi connectivity index (χ2v) is 7.42. The third kappa shape index (κ3) is 3.27. The van der Waals surface area contributed by atoms with Crippen LogP contribution >= 0.6 is 0 Å². The van der Waals surface area contributed by atoms with Crippen LogP contribution in [0.15, 0.2) is 47.6 Å². The summed E-state index contributed by atoms with van der Waals surface area (Å²) in [4.78, 5) is 4.56. The molecule has 1 N–H and O–H groups in total. The molecule has 0 spiro atoms. The normalized spacial score (nSPS) is 11.8.